The van der Waals surface area contributed by atoms with Crippen molar-refractivity contribution >= 4 is 6.08 Å². The number of aromatic nitrogens is 2. The Bertz CT molecular complexity index is 615. The van der Waals surface area contributed by atoms with Gasteiger partial charge in [0.05, 0.1) is 17.4 Å². The zero-order chi connectivity index (χ0) is 13.1. The van der Waals surface area contributed by atoms with Gasteiger partial charge < -0.3 is 5.73 Å². The molecule has 4 heteroatoms. The molecule has 2 aromatic rings. The zero-order valence-electron chi connectivity index (χ0n) is 10.2. The van der Waals surface area contributed by atoms with Gasteiger partial charge in [0.25, 0.3) is 5.56 Å². The first kappa shape index (κ1) is 12.3. The molecule has 0 unspecified atom stereocenters. The molecule has 0 saturated carbocycles. The van der Waals surface area contributed by atoms with E-state index in [0.717, 1.165) is 5.69 Å². The second kappa shape index (κ2) is 4.98. The maximum atomic E-state index is 12.1. The monoisotopic (exact) mass is 241 g/mol. The fourth-order valence-corrected chi connectivity index (χ4v) is 1.77. The second-order valence-electron chi connectivity index (χ2n) is 4.04. The van der Waals surface area contributed by atoms with Crippen molar-refractivity contribution in [1.29, 1.82) is 0 Å². The summed E-state index contributed by atoms with van der Waals surface area (Å²) in [5.74, 6) is 0.531. The molecule has 92 valence electrons. The molecule has 2 rings (SSSR count). The molecule has 0 fully saturated rings. The lowest BCUT2D eigenvalue weighted by molar-refractivity contribution is 0.685. The molecule has 4 nitrogen and oxygen atoms in total. The van der Waals surface area contributed by atoms with Crippen LogP contribution in [0.2, 0.25) is 0 Å². The SMILES string of the molecule is C=Cc1cc(=O)n(-c2ccccc2)c([C@H](C)N)n1. The zero-order valence-corrected chi connectivity index (χ0v) is 10.2. The second-order valence-corrected chi connectivity index (χ2v) is 4.04. The van der Waals surface area contributed by atoms with Crippen LogP contribution in [0.4, 0.5) is 0 Å². The predicted octanol–water partition coefficient (Wildman–Crippen LogP) is 1.90. The number of nitrogens with two attached hydrogens (primary N) is 1. The molecule has 1 aromatic heterocycles. The Hall–Kier alpha value is -2.20. The summed E-state index contributed by atoms with van der Waals surface area (Å²) in [6, 6.07) is 10.4. The van der Waals surface area contributed by atoms with E-state index in [1.54, 1.807) is 13.0 Å². The van der Waals surface area contributed by atoms with E-state index in [9.17, 15) is 4.79 Å². The van der Waals surface area contributed by atoms with E-state index in [4.69, 9.17) is 5.73 Å². The van der Waals surface area contributed by atoms with Crippen LogP contribution in [-0.2, 0) is 0 Å². The van der Waals surface area contributed by atoms with Gasteiger partial charge in [-0.1, -0.05) is 24.8 Å². The molecule has 1 aromatic carbocycles. The Morgan fingerprint density at radius 2 is 2.06 bits per heavy atom. The molecule has 1 atom stereocenters. The molecule has 0 saturated heterocycles. The smallest absolute Gasteiger partial charge is 0.258 e. The summed E-state index contributed by atoms with van der Waals surface area (Å²) in [7, 11) is 0. The molecule has 0 aliphatic heterocycles. The van der Waals surface area contributed by atoms with Gasteiger partial charge >= 0.3 is 0 Å². The van der Waals surface area contributed by atoms with Crippen molar-refractivity contribution in [3.8, 4) is 5.69 Å². The van der Waals surface area contributed by atoms with E-state index < -0.39 is 0 Å². The quantitative estimate of drug-likeness (QED) is 0.892. The molecular formula is C14H15N3O. The largest absolute Gasteiger partial charge is 0.322 e. The van der Waals surface area contributed by atoms with E-state index in [2.05, 4.69) is 11.6 Å². The summed E-state index contributed by atoms with van der Waals surface area (Å²) in [5, 5.41) is 0. The Morgan fingerprint density at radius 3 is 2.61 bits per heavy atom. The lowest BCUT2D eigenvalue weighted by atomic mass is 10.2. The number of benzene rings is 1. The number of nitrogens with zero attached hydrogens (tertiary/aromatic N) is 2. The first-order chi connectivity index (χ1) is 8.63. The summed E-state index contributed by atoms with van der Waals surface area (Å²) in [6.07, 6.45) is 1.54. The van der Waals surface area contributed by atoms with E-state index in [1.165, 1.54) is 10.6 Å². The summed E-state index contributed by atoms with van der Waals surface area (Å²) in [5.41, 5.74) is 7.04. The number of rotatable bonds is 3. The van der Waals surface area contributed by atoms with Crippen molar-refractivity contribution in [3.05, 3.63) is 64.8 Å². The average Bonchev–Trinajstić information content (AvgIpc) is 2.38. The van der Waals surface area contributed by atoms with Crippen LogP contribution in [0, 0.1) is 0 Å². The summed E-state index contributed by atoms with van der Waals surface area (Å²) in [6.45, 7) is 5.42. The molecule has 0 aliphatic carbocycles. The van der Waals surface area contributed by atoms with Gasteiger partial charge in [-0.05, 0) is 25.1 Å². The molecule has 0 bridgehead atoms. The van der Waals surface area contributed by atoms with Gasteiger partial charge in [0.15, 0.2) is 0 Å². The Morgan fingerprint density at radius 1 is 1.39 bits per heavy atom. The third kappa shape index (κ3) is 2.24. The van der Waals surface area contributed by atoms with Crippen molar-refractivity contribution in [2.24, 2.45) is 5.73 Å². The van der Waals surface area contributed by atoms with E-state index in [0.29, 0.717) is 11.5 Å². The third-order valence-electron chi connectivity index (χ3n) is 2.60. The fourth-order valence-electron chi connectivity index (χ4n) is 1.77. The van der Waals surface area contributed by atoms with Gasteiger partial charge in [-0.15, -0.1) is 0 Å². The van der Waals surface area contributed by atoms with Crippen molar-refractivity contribution in [2.75, 3.05) is 0 Å². The standard InChI is InChI=1S/C14H15N3O/c1-3-11-9-13(18)17(14(16-11)10(2)15)12-7-5-4-6-8-12/h3-10H,1,15H2,2H3/t10-/m0/s1. The highest BCUT2D eigenvalue weighted by Gasteiger charge is 2.12. The Balaban J connectivity index is 2.74. The first-order valence-electron chi connectivity index (χ1n) is 5.71. The lowest BCUT2D eigenvalue weighted by Gasteiger charge is -2.14. The van der Waals surface area contributed by atoms with E-state index in [-0.39, 0.29) is 11.6 Å². The average molecular weight is 241 g/mol. The van der Waals surface area contributed by atoms with Crippen molar-refractivity contribution < 1.29 is 0 Å². The maximum absolute atomic E-state index is 12.1. The molecule has 0 aliphatic rings. The fraction of sp³-hybridized carbons (Fsp3) is 0.143. The Kier molecular flexibility index (Phi) is 3.39. The minimum absolute atomic E-state index is 0.154. The lowest BCUT2D eigenvalue weighted by Crippen LogP contribution is -2.27. The minimum Gasteiger partial charge on any atom is -0.322 e. The summed E-state index contributed by atoms with van der Waals surface area (Å²) >= 11 is 0. The van der Waals surface area contributed by atoms with E-state index in [1.807, 2.05) is 30.3 Å². The van der Waals surface area contributed by atoms with Gasteiger partial charge in [-0.2, -0.15) is 0 Å². The van der Waals surface area contributed by atoms with Crippen LogP contribution in [0.1, 0.15) is 24.5 Å². The van der Waals surface area contributed by atoms with Crippen LogP contribution in [0.15, 0.2) is 47.8 Å². The highest BCUT2D eigenvalue weighted by molar-refractivity contribution is 5.42. The first-order valence-corrected chi connectivity index (χ1v) is 5.71. The maximum Gasteiger partial charge on any atom is 0.258 e. The highest BCUT2D eigenvalue weighted by Crippen LogP contribution is 2.12. The molecule has 1 heterocycles. The van der Waals surface area contributed by atoms with Crippen LogP contribution in [0.5, 0.6) is 0 Å². The van der Waals surface area contributed by atoms with Gasteiger partial charge in [0, 0.05) is 6.07 Å². The van der Waals surface area contributed by atoms with Crippen molar-refractivity contribution in [1.82, 2.24) is 9.55 Å². The van der Waals surface area contributed by atoms with Gasteiger partial charge in [-0.3, -0.25) is 9.36 Å². The third-order valence-corrected chi connectivity index (χ3v) is 2.60. The van der Waals surface area contributed by atoms with Crippen molar-refractivity contribution in [3.63, 3.8) is 0 Å². The van der Waals surface area contributed by atoms with Crippen LogP contribution in [0.25, 0.3) is 11.8 Å². The van der Waals surface area contributed by atoms with Crippen LogP contribution < -0.4 is 11.3 Å². The molecular weight excluding hydrogens is 226 g/mol. The van der Waals surface area contributed by atoms with Crippen molar-refractivity contribution in [2.45, 2.75) is 13.0 Å². The van der Waals surface area contributed by atoms with Gasteiger partial charge in [0.2, 0.25) is 0 Å². The van der Waals surface area contributed by atoms with Crippen LogP contribution >= 0.6 is 0 Å². The summed E-state index contributed by atoms with van der Waals surface area (Å²) < 4.78 is 1.53. The number of para-hydroxylation sites is 1. The topological polar surface area (TPSA) is 60.9 Å². The molecule has 0 radical (unpaired) electrons. The Labute approximate surface area is 105 Å². The van der Waals surface area contributed by atoms with Crippen LogP contribution in [-0.4, -0.2) is 9.55 Å². The van der Waals surface area contributed by atoms with Crippen LogP contribution in [0.3, 0.4) is 0 Å². The number of hydrogen-bond donors (Lipinski definition) is 1. The molecule has 18 heavy (non-hydrogen) atoms. The minimum atomic E-state index is -0.335. The van der Waals surface area contributed by atoms with Gasteiger partial charge in [-0.25, -0.2) is 4.98 Å². The van der Waals surface area contributed by atoms with E-state index >= 15 is 0 Å². The predicted molar refractivity (Wildman–Crippen MR) is 72.5 cm³/mol. The summed E-state index contributed by atoms with van der Waals surface area (Å²) in [4.78, 5) is 16.5. The van der Waals surface area contributed by atoms with Gasteiger partial charge in [0.1, 0.15) is 5.82 Å². The normalized spacial score (nSPS) is 12.1. The highest BCUT2D eigenvalue weighted by atomic mass is 16.1. The molecule has 0 spiro atoms. The molecule has 2 N–H and O–H groups in total. The number of hydrogen-bond acceptors (Lipinski definition) is 3. The molecule has 0 amide bonds.